The third-order valence-corrected chi connectivity index (χ3v) is 5.55. The summed E-state index contributed by atoms with van der Waals surface area (Å²) in [6.45, 7) is 2.32. The minimum absolute atomic E-state index is 0.0410. The zero-order valence-electron chi connectivity index (χ0n) is 16.3. The van der Waals surface area contributed by atoms with Crippen LogP contribution in [0.5, 0.6) is 0 Å². The topological polar surface area (TPSA) is 122 Å². The third kappa shape index (κ3) is 4.80. The number of Topliss-reactive ketones (excluding diaryl/α,β-unsaturated/α-hetero) is 1. The SMILES string of the molecule is CCOC(=O)CSc1ccc(C(=O)CN2Cc3cc(/C(N)=N\O)ccc3C2=O)cc1. The van der Waals surface area contributed by atoms with Gasteiger partial charge in [-0.3, -0.25) is 14.4 Å². The van der Waals surface area contributed by atoms with Crippen LogP contribution in [0.4, 0.5) is 0 Å². The second kappa shape index (κ2) is 9.45. The van der Waals surface area contributed by atoms with Crippen molar-refractivity contribution >= 4 is 35.3 Å². The molecule has 3 N–H and O–H groups in total. The van der Waals surface area contributed by atoms with Crippen LogP contribution in [0, 0.1) is 0 Å². The van der Waals surface area contributed by atoms with Gasteiger partial charge in [0, 0.05) is 28.1 Å². The molecule has 1 amide bonds. The van der Waals surface area contributed by atoms with Crippen molar-refractivity contribution in [3.05, 3.63) is 64.7 Å². The molecule has 0 radical (unpaired) electrons. The predicted octanol–water partition coefficient (Wildman–Crippen LogP) is 2.28. The van der Waals surface area contributed by atoms with E-state index in [1.807, 2.05) is 0 Å². The lowest BCUT2D eigenvalue weighted by molar-refractivity contribution is -0.139. The molecule has 0 aliphatic carbocycles. The van der Waals surface area contributed by atoms with E-state index in [-0.39, 0.29) is 42.3 Å². The van der Waals surface area contributed by atoms with Crippen LogP contribution in [0.15, 0.2) is 52.5 Å². The molecule has 0 atom stereocenters. The van der Waals surface area contributed by atoms with Crippen molar-refractivity contribution in [2.75, 3.05) is 18.9 Å². The number of carbonyl (C=O) groups excluding carboxylic acids is 3. The van der Waals surface area contributed by atoms with Crippen LogP contribution in [0.1, 0.15) is 38.8 Å². The van der Waals surface area contributed by atoms with Crippen LogP contribution in [0.2, 0.25) is 0 Å². The number of esters is 1. The summed E-state index contributed by atoms with van der Waals surface area (Å²) in [7, 11) is 0. The van der Waals surface area contributed by atoms with Gasteiger partial charge in [0.2, 0.25) is 0 Å². The Kier molecular flexibility index (Phi) is 6.73. The van der Waals surface area contributed by atoms with E-state index in [4.69, 9.17) is 15.7 Å². The Morgan fingerprint density at radius 1 is 1.20 bits per heavy atom. The summed E-state index contributed by atoms with van der Waals surface area (Å²) in [5.41, 5.74) is 7.82. The predicted molar refractivity (Wildman–Crippen MR) is 112 cm³/mol. The maximum absolute atomic E-state index is 12.6. The van der Waals surface area contributed by atoms with Crippen LogP contribution in [0.25, 0.3) is 0 Å². The molecule has 2 aromatic rings. The van der Waals surface area contributed by atoms with Gasteiger partial charge in [-0.25, -0.2) is 0 Å². The molecule has 9 heteroatoms. The standard InChI is InChI=1S/C21H21N3O5S/c1-2-29-19(26)12-30-16-6-3-13(4-7-16)18(25)11-24-10-15-9-14(20(22)23-28)5-8-17(15)21(24)27/h3-9,28H,2,10-12H2,1H3,(H2,22,23). The second-order valence-electron chi connectivity index (χ2n) is 6.56. The highest BCUT2D eigenvalue weighted by Crippen LogP contribution is 2.25. The Morgan fingerprint density at radius 3 is 2.57 bits per heavy atom. The lowest BCUT2D eigenvalue weighted by Gasteiger charge is -2.14. The molecule has 0 fully saturated rings. The van der Waals surface area contributed by atoms with E-state index in [1.165, 1.54) is 16.7 Å². The third-order valence-electron chi connectivity index (χ3n) is 4.56. The molecule has 0 saturated heterocycles. The molecule has 0 saturated carbocycles. The van der Waals surface area contributed by atoms with Crippen molar-refractivity contribution in [2.24, 2.45) is 10.9 Å². The molecule has 156 valence electrons. The monoisotopic (exact) mass is 427 g/mol. The molecule has 2 aromatic carbocycles. The first-order valence-electron chi connectivity index (χ1n) is 9.24. The first-order chi connectivity index (χ1) is 14.4. The number of nitrogens with zero attached hydrogens (tertiary/aromatic N) is 2. The number of oxime groups is 1. The maximum atomic E-state index is 12.6. The summed E-state index contributed by atoms with van der Waals surface area (Å²) < 4.78 is 4.89. The van der Waals surface area contributed by atoms with E-state index in [1.54, 1.807) is 49.4 Å². The molecule has 1 aliphatic rings. The quantitative estimate of drug-likeness (QED) is 0.126. The molecule has 0 aromatic heterocycles. The zero-order chi connectivity index (χ0) is 21.7. The summed E-state index contributed by atoms with van der Waals surface area (Å²) in [4.78, 5) is 39.0. The highest BCUT2D eigenvalue weighted by atomic mass is 32.2. The number of fused-ring (bicyclic) bond motifs is 1. The molecule has 0 bridgehead atoms. The number of benzene rings is 2. The number of thioether (sulfide) groups is 1. The van der Waals surface area contributed by atoms with E-state index >= 15 is 0 Å². The van der Waals surface area contributed by atoms with Crippen molar-refractivity contribution in [1.29, 1.82) is 0 Å². The molecule has 0 spiro atoms. The number of ether oxygens (including phenoxy) is 1. The number of hydrogen-bond donors (Lipinski definition) is 2. The Hall–Kier alpha value is -3.33. The normalized spacial score (nSPS) is 13.3. The number of nitrogens with two attached hydrogens (primary N) is 1. The first kappa shape index (κ1) is 21.4. The van der Waals surface area contributed by atoms with Crippen molar-refractivity contribution in [3.8, 4) is 0 Å². The Balaban J connectivity index is 1.62. The average molecular weight is 427 g/mol. The van der Waals surface area contributed by atoms with Crippen LogP contribution in [0.3, 0.4) is 0 Å². The Labute approximate surface area is 177 Å². The molecule has 1 heterocycles. The fourth-order valence-corrected chi connectivity index (χ4v) is 3.77. The highest BCUT2D eigenvalue weighted by Gasteiger charge is 2.29. The maximum Gasteiger partial charge on any atom is 0.316 e. The number of hydrogen-bond acceptors (Lipinski definition) is 7. The van der Waals surface area contributed by atoms with Gasteiger partial charge in [0.1, 0.15) is 0 Å². The van der Waals surface area contributed by atoms with Gasteiger partial charge < -0.3 is 20.6 Å². The van der Waals surface area contributed by atoms with Gasteiger partial charge in [-0.2, -0.15) is 0 Å². The second-order valence-corrected chi connectivity index (χ2v) is 7.61. The van der Waals surface area contributed by atoms with Crippen molar-refractivity contribution < 1.29 is 24.3 Å². The van der Waals surface area contributed by atoms with E-state index in [0.29, 0.717) is 23.3 Å². The largest absolute Gasteiger partial charge is 0.465 e. The first-order valence-corrected chi connectivity index (χ1v) is 10.2. The van der Waals surface area contributed by atoms with Crippen molar-refractivity contribution in [1.82, 2.24) is 4.90 Å². The van der Waals surface area contributed by atoms with Crippen LogP contribution in [-0.4, -0.2) is 52.5 Å². The van der Waals surface area contributed by atoms with Crippen molar-refractivity contribution in [3.63, 3.8) is 0 Å². The summed E-state index contributed by atoms with van der Waals surface area (Å²) in [5.74, 6) is -0.541. The van der Waals surface area contributed by atoms with E-state index in [9.17, 15) is 14.4 Å². The number of rotatable bonds is 8. The fourth-order valence-electron chi connectivity index (χ4n) is 3.07. The highest BCUT2D eigenvalue weighted by molar-refractivity contribution is 8.00. The number of carbonyl (C=O) groups is 3. The van der Waals surface area contributed by atoms with Gasteiger partial charge in [0.05, 0.1) is 18.9 Å². The van der Waals surface area contributed by atoms with E-state index < -0.39 is 0 Å². The molecule has 1 aliphatic heterocycles. The van der Waals surface area contributed by atoms with Crippen LogP contribution in [-0.2, 0) is 16.1 Å². The summed E-state index contributed by atoms with van der Waals surface area (Å²) in [6.07, 6.45) is 0. The average Bonchev–Trinajstić information content (AvgIpc) is 3.06. The lowest BCUT2D eigenvalue weighted by Crippen LogP contribution is -2.30. The smallest absolute Gasteiger partial charge is 0.316 e. The minimum atomic E-state index is -0.287. The zero-order valence-corrected chi connectivity index (χ0v) is 17.1. The van der Waals surface area contributed by atoms with Crippen LogP contribution >= 0.6 is 11.8 Å². The molecule has 0 unspecified atom stereocenters. The van der Waals surface area contributed by atoms with Gasteiger partial charge in [0.15, 0.2) is 11.6 Å². The van der Waals surface area contributed by atoms with Gasteiger partial charge in [-0.05, 0) is 36.8 Å². The summed E-state index contributed by atoms with van der Waals surface area (Å²) in [6, 6.07) is 11.8. The fraction of sp³-hybridized carbons (Fsp3) is 0.238. The molecule has 8 nitrogen and oxygen atoms in total. The summed E-state index contributed by atoms with van der Waals surface area (Å²) in [5, 5.41) is 11.8. The van der Waals surface area contributed by atoms with Crippen molar-refractivity contribution in [2.45, 2.75) is 18.4 Å². The van der Waals surface area contributed by atoms with E-state index in [0.717, 1.165) is 10.5 Å². The molecule has 30 heavy (non-hydrogen) atoms. The lowest BCUT2D eigenvalue weighted by atomic mass is 10.1. The minimum Gasteiger partial charge on any atom is -0.465 e. The van der Waals surface area contributed by atoms with Gasteiger partial charge in [-0.1, -0.05) is 23.4 Å². The Bertz CT molecular complexity index is 1000. The van der Waals surface area contributed by atoms with Gasteiger partial charge in [-0.15, -0.1) is 11.8 Å². The summed E-state index contributed by atoms with van der Waals surface area (Å²) >= 11 is 1.33. The Morgan fingerprint density at radius 2 is 1.90 bits per heavy atom. The number of amidine groups is 1. The molecule has 3 rings (SSSR count). The van der Waals surface area contributed by atoms with Crippen LogP contribution < -0.4 is 5.73 Å². The molecular weight excluding hydrogens is 406 g/mol. The van der Waals surface area contributed by atoms with E-state index in [2.05, 4.69) is 5.16 Å². The molecular formula is C21H21N3O5S. The number of amides is 1. The van der Waals surface area contributed by atoms with Gasteiger partial charge >= 0.3 is 5.97 Å². The van der Waals surface area contributed by atoms with Gasteiger partial charge in [0.25, 0.3) is 5.91 Å². The number of ketones is 1.